The number of pyridine rings is 1. The number of fused-ring (bicyclic) bond motifs is 1. The van der Waals surface area contributed by atoms with E-state index in [9.17, 15) is 9.36 Å². The highest BCUT2D eigenvalue weighted by molar-refractivity contribution is 7.53. The van der Waals surface area contributed by atoms with E-state index in [0.717, 1.165) is 5.39 Å². The summed E-state index contributed by atoms with van der Waals surface area (Å²) in [5.74, 6) is -0.423. The van der Waals surface area contributed by atoms with Crippen molar-refractivity contribution in [3.63, 3.8) is 0 Å². The zero-order valence-corrected chi connectivity index (χ0v) is 14.3. The molecule has 1 aromatic carbocycles. The summed E-state index contributed by atoms with van der Waals surface area (Å²) < 4.78 is 27.9. The third-order valence-corrected chi connectivity index (χ3v) is 5.19. The maximum absolute atomic E-state index is 12.6. The van der Waals surface area contributed by atoms with Gasteiger partial charge in [0.05, 0.1) is 43.3 Å². The van der Waals surface area contributed by atoms with E-state index in [1.165, 1.54) is 7.11 Å². The zero-order chi connectivity index (χ0) is 16.9. The highest BCUT2D eigenvalue weighted by atomic mass is 31.2. The molecule has 2 aromatic rings. The molecule has 0 atom stereocenters. The van der Waals surface area contributed by atoms with E-state index >= 15 is 0 Å². The van der Waals surface area contributed by atoms with Crippen molar-refractivity contribution >= 4 is 24.5 Å². The predicted octanol–water partition coefficient (Wildman–Crippen LogP) is 3.79. The van der Waals surface area contributed by atoms with Gasteiger partial charge in [-0.05, 0) is 32.0 Å². The lowest BCUT2D eigenvalue weighted by Gasteiger charge is -2.16. The largest absolute Gasteiger partial charge is 0.465 e. The van der Waals surface area contributed by atoms with Crippen LogP contribution in [0, 0.1) is 0 Å². The Morgan fingerprint density at radius 2 is 1.78 bits per heavy atom. The second-order valence-electron chi connectivity index (χ2n) is 4.81. The number of methoxy groups -OCH3 is 1. The van der Waals surface area contributed by atoms with E-state index in [2.05, 4.69) is 4.98 Å². The molecule has 23 heavy (non-hydrogen) atoms. The molecule has 0 saturated heterocycles. The summed E-state index contributed by atoms with van der Waals surface area (Å²) in [5.41, 5.74) is 1.64. The lowest BCUT2D eigenvalue weighted by Crippen LogP contribution is -2.02. The number of benzene rings is 1. The van der Waals surface area contributed by atoms with Crippen LogP contribution in [0.5, 0.6) is 0 Å². The first-order chi connectivity index (χ1) is 11.0. The topological polar surface area (TPSA) is 74.7 Å². The third-order valence-electron chi connectivity index (χ3n) is 3.18. The molecule has 0 aliphatic heterocycles. The predicted molar refractivity (Wildman–Crippen MR) is 87.6 cm³/mol. The van der Waals surface area contributed by atoms with E-state index < -0.39 is 13.6 Å². The van der Waals surface area contributed by atoms with Crippen LogP contribution in [0.1, 0.15) is 29.9 Å². The molecule has 0 unspecified atom stereocenters. The van der Waals surface area contributed by atoms with Gasteiger partial charge in [0.25, 0.3) is 0 Å². The summed E-state index contributed by atoms with van der Waals surface area (Å²) in [5, 5.41) is 0.879. The Morgan fingerprint density at radius 1 is 1.13 bits per heavy atom. The second kappa shape index (κ2) is 7.68. The van der Waals surface area contributed by atoms with E-state index in [1.54, 1.807) is 38.1 Å². The molecular weight excluding hydrogens is 317 g/mol. The molecule has 0 aliphatic carbocycles. The lowest BCUT2D eigenvalue weighted by molar-refractivity contribution is 0.0601. The van der Waals surface area contributed by atoms with Crippen LogP contribution in [0.2, 0.25) is 0 Å². The van der Waals surface area contributed by atoms with Gasteiger partial charge >= 0.3 is 13.6 Å². The molecule has 124 valence electrons. The summed E-state index contributed by atoms with van der Waals surface area (Å²) in [4.78, 5) is 16.1. The third kappa shape index (κ3) is 4.38. The summed E-state index contributed by atoms with van der Waals surface area (Å²) in [7, 11) is -1.88. The Hall–Kier alpha value is -1.75. The first kappa shape index (κ1) is 17.6. The van der Waals surface area contributed by atoms with Crippen molar-refractivity contribution in [2.45, 2.75) is 20.0 Å². The molecule has 0 amide bonds. The molecule has 0 spiro atoms. The molecule has 0 saturated carbocycles. The van der Waals surface area contributed by atoms with Crippen LogP contribution < -0.4 is 0 Å². The number of esters is 1. The van der Waals surface area contributed by atoms with Crippen LogP contribution in [0.4, 0.5) is 0 Å². The summed E-state index contributed by atoms with van der Waals surface area (Å²) in [6.07, 6.45) is 0.0903. The second-order valence-corrected chi connectivity index (χ2v) is 6.86. The fourth-order valence-electron chi connectivity index (χ4n) is 2.21. The Balaban J connectivity index is 2.34. The first-order valence-electron chi connectivity index (χ1n) is 7.37. The molecule has 1 aromatic heterocycles. The fraction of sp³-hybridized carbons (Fsp3) is 0.375. The van der Waals surface area contributed by atoms with Crippen LogP contribution >= 0.6 is 7.60 Å². The van der Waals surface area contributed by atoms with Crippen LogP contribution in [0.15, 0.2) is 30.3 Å². The average molecular weight is 337 g/mol. The van der Waals surface area contributed by atoms with Crippen molar-refractivity contribution in [3.8, 4) is 0 Å². The van der Waals surface area contributed by atoms with Crippen LogP contribution in [0.25, 0.3) is 10.9 Å². The zero-order valence-electron chi connectivity index (χ0n) is 13.4. The summed E-state index contributed by atoms with van der Waals surface area (Å²) >= 11 is 0. The number of ether oxygens (including phenoxy) is 1. The van der Waals surface area contributed by atoms with Gasteiger partial charge in [-0.1, -0.05) is 12.1 Å². The minimum Gasteiger partial charge on any atom is -0.465 e. The van der Waals surface area contributed by atoms with Crippen LogP contribution in [-0.2, 0) is 24.5 Å². The van der Waals surface area contributed by atoms with Crippen LogP contribution in [0.3, 0.4) is 0 Å². The van der Waals surface area contributed by atoms with E-state index in [-0.39, 0.29) is 6.16 Å². The van der Waals surface area contributed by atoms with Gasteiger partial charge in [0, 0.05) is 5.39 Å². The van der Waals surface area contributed by atoms with Gasteiger partial charge < -0.3 is 13.8 Å². The quantitative estimate of drug-likeness (QED) is 0.565. The van der Waals surface area contributed by atoms with Crippen molar-refractivity contribution in [1.82, 2.24) is 4.98 Å². The van der Waals surface area contributed by atoms with Crippen molar-refractivity contribution in [1.29, 1.82) is 0 Å². The van der Waals surface area contributed by atoms with Crippen molar-refractivity contribution < 1.29 is 23.1 Å². The number of hydrogen-bond donors (Lipinski definition) is 0. The normalized spacial score (nSPS) is 11.6. The van der Waals surface area contributed by atoms with Crippen molar-refractivity contribution in [2.24, 2.45) is 0 Å². The molecular formula is C16H20NO5P. The Labute approximate surface area is 135 Å². The Kier molecular flexibility index (Phi) is 5.88. The first-order valence-corrected chi connectivity index (χ1v) is 9.10. The van der Waals surface area contributed by atoms with E-state index in [1.807, 2.05) is 6.07 Å². The molecule has 7 heteroatoms. The van der Waals surface area contributed by atoms with Crippen LogP contribution in [-0.4, -0.2) is 31.3 Å². The van der Waals surface area contributed by atoms with Gasteiger partial charge in [0.15, 0.2) is 0 Å². The van der Waals surface area contributed by atoms with Crippen molar-refractivity contribution in [3.05, 3.63) is 41.6 Å². The summed E-state index contributed by atoms with van der Waals surface area (Å²) in [6.45, 7) is 4.14. The number of aromatic nitrogens is 1. The highest BCUT2D eigenvalue weighted by Crippen LogP contribution is 2.51. The van der Waals surface area contributed by atoms with Gasteiger partial charge in [0.2, 0.25) is 0 Å². The molecule has 6 nitrogen and oxygen atoms in total. The monoisotopic (exact) mass is 337 g/mol. The smallest absolute Gasteiger partial charge is 0.337 e. The number of rotatable bonds is 7. The molecule has 2 rings (SSSR count). The maximum atomic E-state index is 12.6. The number of carbonyl (C=O) groups is 1. The van der Waals surface area contributed by atoms with Gasteiger partial charge in [-0.25, -0.2) is 4.79 Å². The number of carbonyl (C=O) groups excluding carboxylic acids is 1. The maximum Gasteiger partial charge on any atom is 0.337 e. The Morgan fingerprint density at radius 3 is 2.39 bits per heavy atom. The number of nitrogens with zero attached hydrogens (tertiary/aromatic N) is 1. The lowest BCUT2D eigenvalue weighted by atomic mass is 10.1. The van der Waals surface area contributed by atoms with Gasteiger partial charge in [-0.2, -0.15) is 0 Å². The Bertz CT molecular complexity index is 736. The molecule has 0 bridgehead atoms. The van der Waals surface area contributed by atoms with E-state index in [4.69, 9.17) is 13.8 Å². The molecule has 0 radical (unpaired) electrons. The molecule has 1 heterocycles. The molecule has 0 N–H and O–H groups in total. The van der Waals surface area contributed by atoms with Gasteiger partial charge in [0.1, 0.15) is 0 Å². The minimum absolute atomic E-state index is 0.0903. The summed E-state index contributed by atoms with van der Waals surface area (Å²) in [6, 6.07) is 8.77. The molecule has 0 aliphatic rings. The van der Waals surface area contributed by atoms with Gasteiger partial charge in [-0.15, -0.1) is 0 Å². The highest BCUT2D eigenvalue weighted by Gasteiger charge is 2.25. The van der Waals surface area contributed by atoms with Crippen molar-refractivity contribution in [2.75, 3.05) is 20.3 Å². The number of hydrogen-bond acceptors (Lipinski definition) is 6. The fourth-order valence-corrected chi connectivity index (χ4v) is 3.83. The minimum atomic E-state index is -3.21. The van der Waals surface area contributed by atoms with Gasteiger partial charge in [-0.3, -0.25) is 9.55 Å². The standard InChI is InChI=1S/C16H20NO5P/c1-4-21-23(19,22-5-2)11-14-9-8-12-6-7-13(16(18)20-3)10-15(12)17-14/h6-10H,4-5,11H2,1-3H3. The van der Waals surface area contributed by atoms with E-state index in [0.29, 0.717) is 30.0 Å². The SMILES string of the molecule is CCOP(=O)(Cc1ccc2ccc(C(=O)OC)cc2n1)OCC. The average Bonchev–Trinajstić information content (AvgIpc) is 2.53. The molecule has 0 fully saturated rings.